The fourth-order valence-electron chi connectivity index (χ4n) is 2.60. The monoisotopic (exact) mass is 482 g/mol. The molecular weight excluding hydrogens is 469 g/mol. The van der Waals surface area contributed by atoms with Gasteiger partial charge in [0.1, 0.15) is 10.9 Å². The molecule has 156 valence electrons. The second kappa shape index (κ2) is 9.70. The van der Waals surface area contributed by atoms with E-state index >= 15 is 0 Å². The zero-order valence-electron chi connectivity index (χ0n) is 15.5. The molecule has 0 saturated carbocycles. The zero-order chi connectivity index (χ0) is 21.8. The van der Waals surface area contributed by atoms with Crippen LogP contribution in [-0.2, 0) is 16.2 Å². The van der Waals surface area contributed by atoms with Gasteiger partial charge in [-0.3, -0.25) is 9.69 Å². The Morgan fingerprint density at radius 3 is 2.67 bits per heavy atom. The number of hydrogen-bond donors (Lipinski definition) is 0. The molecule has 2 aromatic rings. The lowest BCUT2D eigenvalue weighted by Crippen LogP contribution is -2.40. The summed E-state index contributed by atoms with van der Waals surface area (Å²) in [6, 6.07) is 10.3. The van der Waals surface area contributed by atoms with Gasteiger partial charge in [0.15, 0.2) is 11.5 Å². The summed E-state index contributed by atoms with van der Waals surface area (Å²) in [7, 11) is 1.50. The number of carboxylic acids is 1. The molecule has 0 aromatic heterocycles. The van der Waals surface area contributed by atoms with Crippen molar-refractivity contribution in [2.45, 2.75) is 6.61 Å². The van der Waals surface area contributed by atoms with Crippen LogP contribution < -0.4 is 14.6 Å². The molecule has 0 unspecified atom stereocenters. The fourth-order valence-corrected chi connectivity index (χ4v) is 4.32. The van der Waals surface area contributed by atoms with Crippen LogP contribution in [0.25, 0.3) is 6.08 Å². The highest BCUT2D eigenvalue weighted by Crippen LogP contribution is 2.35. The first kappa shape index (κ1) is 22.4. The minimum Gasteiger partial charge on any atom is -0.548 e. The summed E-state index contributed by atoms with van der Waals surface area (Å²) in [6.07, 6.45) is 1.61. The lowest BCUT2D eigenvalue weighted by Gasteiger charge is -2.14. The van der Waals surface area contributed by atoms with E-state index in [4.69, 9.17) is 44.9 Å². The lowest BCUT2D eigenvalue weighted by atomic mass is 10.1. The van der Waals surface area contributed by atoms with Gasteiger partial charge >= 0.3 is 0 Å². The summed E-state index contributed by atoms with van der Waals surface area (Å²) in [5.41, 5.74) is 1.43. The van der Waals surface area contributed by atoms with Crippen molar-refractivity contribution in [3.63, 3.8) is 0 Å². The van der Waals surface area contributed by atoms with Crippen LogP contribution in [-0.4, -0.2) is 34.8 Å². The molecule has 3 rings (SSSR count). The summed E-state index contributed by atoms with van der Waals surface area (Å²) >= 11 is 18.2. The van der Waals surface area contributed by atoms with E-state index in [2.05, 4.69) is 0 Å². The van der Waals surface area contributed by atoms with Gasteiger partial charge in [0, 0.05) is 15.6 Å². The van der Waals surface area contributed by atoms with Crippen molar-refractivity contribution in [3.8, 4) is 11.5 Å². The molecule has 1 fully saturated rings. The van der Waals surface area contributed by atoms with E-state index < -0.39 is 18.4 Å². The molecule has 10 heteroatoms. The third-order valence-corrected chi connectivity index (χ3v) is 6.01. The van der Waals surface area contributed by atoms with Gasteiger partial charge < -0.3 is 19.4 Å². The Balaban J connectivity index is 1.77. The van der Waals surface area contributed by atoms with Crippen LogP contribution in [0.2, 0.25) is 10.0 Å². The molecule has 30 heavy (non-hydrogen) atoms. The van der Waals surface area contributed by atoms with Crippen molar-refractivity contribution in [2.24, 2.45) is 0 Å². The normalized spacial score (nSPS) is 15.0. The number of hydrogen-bond acceptors (Lipinski definition) is 7. The first-order chi connectivity index (χ1) is 14.3. The van der Waals surface area contributed by atoms with Gasteiger partial charge in [0.2, 0.25) is 0 Å². The minimum absolute atomic E-state index is 0.169. The summed E-state index contributed by atoms with van der Waals surface area (Å²) in [6.45, 7) is -0.362. The maximum atomic E-state index is 12.4. The highest BCUT2D eigenvalue weighted by atomic mass is 35.5. The van der Waals surface area contributed by atoms with Crippen molar-refractivity contribution >= 4 is 69.5 Å². The number of carbonyl (C=O) groups is 2. The quantitative estimate of drug-likeness (QED) is 0.441. The standard InChI is InChI=1S/C20H15Cl2NO5S2/c1-27-16-6-11(7-17-19(26)23(9-18(24)25)20(29)30-17)2-5-15(16)28-10-12-3-4-13(21)8-14(12)22/h2-8H,9-10H2,1H3,(H,24,25)/p-1/b17-7+. The van der Waals surface area contributed by atoms with E-state index in [9.17, 15) is 14.7 Å². The molecule has 0 aliphatic carbocycles. The van der Waals surface area contributed by atoms with Crippen LogP contribution in [0.3, 0.4) is 0 Å². The van der Waals surface area contributed by atoms with Crippen molar-refractivity contribution in [2.75, 3.05) is 13.7 Å². The number of benzene rings is 2. The molecule has 0 atom stereocenters. The van der Waals surface area contributed by atoms with E-state index in [0.29, 0.717) is 32.0 Å². The van der Waals surface area contributed by atoms with E-state index in [1.165, 1.54) is 7.11 Å². The number of ether oxygens (including phenoxy) is 2. The number of amides is 1. The van der Waals surface area contributed by atoms with Gasteiger partial charge in [-0.1, -0.05) is 59.3 Å². The minimum atomic E-state index is -1.38. The molecule has 1 amide bonds. The maximum absolute atomic E-state index is 12.4. The number of aliphatic carboxylic acids is 1. The van der Waals surface area contributed by atoms with Crippen molar-refractivity contribution in [3.05, 3.63) is 62.5 Å². The molecule has 6 nitrogen and oxygen atoms in total. The van der Waals surface area contributed by atoms with Crippen LogP contribution >= 0.6 is 47.2 Å². The average Bonchev–Trinajstić information content (AvgIpc) is 2.95. The molecule has 0 bridgehead atoms. The van der Waals surface area contributed by atoms with E-state index in [-0.39, 0.29) is 10.9 Å². The largest absolute Gasteiger partial charge is 0.548 e. The second-order valence-electron chi connectivity index (χ2n) is 6.07. The summed E-state index contributed by atoms with van der Waals surface area (Å²) < 4.78 is 11.4. The van der Waals surface area contributed by atoms with Crippen LogP contribution in [0.5, 0.6) is 11.5 Å². The zero-order valence-corrected chi connectivity index (χ0v) is 18.7. The van der Waals surface area contributed by atoms with Crippen molar-refractivity contribution < 1.29 is 24.2 Å². The predicted octanol–water partition coefficient (Wildman–Crippen LogP) is 3.53. The third-order valence-electron chi connectivity index (χ3n) is 4.04. The Kier molecular flexibility index (Phi) is 7.25. The number of nitrogens with zero attached hydrogens (tertiary/aromatic N) is 1. The second-order valence-corrected chi connectivity index (χ2v) is 8.59. The van der Waals surface area contributed by atoms with Gasteiger partial charge in [0.25, 0.3) is 5.91 Å². The van der Waals surface area contributed by atoms with Crippen LogP contribution in [0, 0.1) is 0 Å². The molecular formula is C20H14Cl2NO5S2-. The Hall–Kier alpha value is -2.26. The highest BCUT2D eigenvalue weighted by molar-refractivity contribution is 8.26. The number of thiocarbonyl (C=S) groups is 1. The number of carbonyl (C=O) groups excluding carboxylic acids is 2. The Bertz CT molecular complexity index is 1060. The molecule has 1 aliphatic heterocycles. The molecule has 0 N–H and O–H groups in total. The number of rotatable bonds is 7. The molecule has 1 saturated heterocycles. The van der Waals surface area contributed by atoms with Crippen LogP contribution in [0.15, 0.2) is 41.3 Å². The first-order valence-corrected chi connectivity index (χ1v) is 10.5. The molecule has 0 radical (unpaired) electrons. The van der Waals surface area contributed by atoms with Gasteiger partial charge in [-0.05, 0) is 35.9 Å². The average molecular weight is 483 g/mol. The van der Waals surface area contributed by atoms with Crippen LogP contribution in [0.4, 0.5) is 0 Å². The van der Waals surface area contributed by atoms with Gasteiger partial charge in [-0.2, -0.15) is 0 Å². The number of thioether (sulfide) groups is 1. The van der Waals surface area contributed by atoms with Gasteiger partial charge in [-0.25, -0.2) is 0 Å². The Morgan fingerprint density at radius 1 is 1.23 bits per heavy atom. The molecule has 0 spiro atoms. The summed E-state index contributed by atoms with van der Waals surface area (Å²) in [4.78, 5) is 24.5. The first-order valence-electron chi connectivity index (χ1n) is 8.48. The van der Waals surface area contributed by atoms with Crippen LogP contribution in [0.1, 0.15) is 11.1 Å². The van der Waals surface area contributed by atoms with Crippen molar-refractivity contribution in [1.29, 1.82) is 0 Å². The predicted molar refractivity (Wildman–Crippen MR) is 119 cm³/mol. The molecule has 2 aromatic carbocycles. The lowest BCUT2D eigenvalue weighted by molar-refractivity contribution is -0.305. The van der Waals surface area contributed by atoms with Gasteiger partial charge in [-0.15, -0.1) is 0 Å². The van der Waals surface area contributed by atoms with E-state index in [1.807, 2.05) is 0 Å². The number of halogens is 2. The highest BCUT2D eigenvalue weighted by Gasteiger charge is 2.31. The van der Waals surface area contributed by atoms with E-state index in [1.54, 1.807) is 42.5 Å². The third kappa shape index (κ3) is 5.26. The number of methoxy groups -OCH3 is 1. The number of carboxylic acid groups (broad SMARTS) is 1. The maximum Gasteiger partial charge on any atom is 0.266 e. The van der Waals surface area contributed by atoms with Gasteiger partial charge in [0.05, 0.1) is 24.5 Å². The smallest absolute Gasteiger partial charge is 0.266 e. The van der Waals surface area contributed by atoms with E-state index in [0.717, 1.165) is 22.2 Å². The molecule has 1 heterocycles. The Labute approximate surface area is 192 Å². The topological polar surface area (TPSA) is 78.9 Å². The Morgan fingerprint density at radius 2 is 2.00 bits per heavy atom. The SMILES string of the molecule is COc1cc(/C=C2/SC(=S)N(CC(=O)[O-])C2=O)ccc1OCc1ccc(Cl)cc1Cl. The van der Waals surface area contributed by atoms with Crippen molar-refractivity contribution in [1.82, 2.24) is 4.90 Å². The fraction of sp³-hybridized carbons (Fsp3) is 0.150. The summed E-state index contributed by atoms with van der Waals surface area (Å²) in [5, 5.41) is 11.8. The molecule has 1 aliphatic rings. The summed E-state index contributed by atoms with van der Waals surface area (Å²) in [5.74, 6) is -0.911.